The van der Waals surface area contributed by atoms with Gasteiger partial charge in [0.05, 0.1) is 0 Å². The minimum absolute atomic E-state index is 0.438. The van der Waals surface area contributed by atoms with Gasteiger partial charge in [0.2, 0.25) is 0 Å². The predicted octanol–water partition coefficient (Wildman–Crippen LogP) is 6.67. The van der Waals surface area contributed by atoms with Crippen LogP contribution < -0.4 is 5.19 Å². The molecule has 4 aromatic rings. The normalized spacial score (nSPS) is 18.5. The van der Waals surface area contributed by atoms with Crippen molar-refractivity contribution in [3.8, 4) is 11.1 Å². The largest absolute Gasteiger partial charge is 0.107 e. The topological polar surface area (TPSA) is 0 Å². The summed E-state index contributed by atoms with van der Waals surface area (Å²) >= 11 is 0. The van der Waals surface area contributed by atoms with Crippen LogP contribution in [0.25, 0.3) is 17.2 Å². The van der Waals surface area contributed by atoms with Crippen molar-refractivity contribution in [1.82, 2.24) is 0 Å². The molecule has 4 aromatic carbocycles. The van der Waals surface area contributed by atoms with Gasteiger partial charge in [0.15, 0.2) is 0 Å². The van der Waals surface area contributed by atoms with Crippen molar-refractivity contribution < 1.29 is 0 Å². The summed E-state index contributed by atoms with van der Waals surface area (Å²) in [4.78, 5) is 0. The fourth-order valence-corrected chi connectivity index (χ4v) is 11.1. The maximum atomic E-state index is 2.61. The number of fused-ring (bicyclic) bond motifs is 4. The van der Waals surface area contributed by atoms with Crippen LogP contribution in [0.4, 0.5) is 0 Å². The van der Waals surface area contributed by atoms with E-state index in [0.29, 0.717) is 11.1 Å². The van der Waals surface area contributed by atoms with Gasteiger partial charge in [0, 0.05) is 11.1 Å². The van der Waals surface area contributed by atoms with Crippen LogP contribution in [0.1, 0.15) is 33.3 Å². The highest BCUT2D eigenvalue weighted by Gasteiger charge is 2.50. The standard InChI is InChI=1S/C29H24Si/c1-30(22-12-3-2-4-13-22,28-20-19-21-11-5-6-14-23(21)28)29-26-17-9-7-15-24(26)25-16-8-10-18-27(25)29/h2-20,28-29H,1H3. The number of hydrogen-bond donors (Lipinski definition) is 0. The smallest absolute Gasteiger partial charge is 0.0787 e. The Morgan fingerprint density at radius 1 is 0.567 bits per heavy atom. The molecule has 0 spiro atoms. The molecule has 0 nitrogen and oxygen atoms in total. The zero-order chi connectivity index (χ0) is 20.1. The molecule has 6 rings (SSSR count). The van der Waals surface area contributed by atoms with Gasteiger partial charge in [-0.1, -0.05) is 127 Å². The van der Waals surface area contributed by atoms with Gasteiger partial charge in [-0.2, -0.15) is 0 Å². The van der Waals surface area contributed by atoms with E-state index in [1.807, 2.05) is 0 Å². The van der Waals surface area contributed by atoms with Crippen LogP contribution in [-0.4, -0.2) is 8.07 Å². The molecule has 2 atom stereocenters. The first-order valence-electron chi connectivity index (χ1n) is 10.8. The fraction of sp³-hybridized carbons (Fsp3) is 0.103. The van der Waals surface area contributed by atoms with E-state index in [1.54, 1.807) is 0 Å². The third-order valence-corrected chi connectivity index (χ3v) is 12.5. The van der Waals surface area contributed by atoms with Gasteiger partial charge >= 0.3 is 0 Å². The molecule has 2 aliphatic rings. The number of hydrogen-bond acceptors (Lipinski definition) is 0. The van der Waals surface area contributed by atoms with Crippen LogP contribution in [0, 0.1) is 0 Å². The highest BCUT2D eigenvalue weighted by molar-refractivity contribution is 6.94. The van der Waals surface area contributed by atoms with E-state index in [2.05, 4.69) is 122 Å². The summed E-state index contributed by atoms with van der Waals surface area (Å²) in [6.45, 7) is 2.61. The quantitative estimate of drug-likeness (QED) is 0.337. The monoisotopic (exact) mass is 400 g/mol. The molecule has 0 radical (unpaired) electrons. The Morgan fingerprint density at radius 3 is 1.77 bits per heavy atom. The molecule has 1 heteroatoms. The second kappa shape index (κ2) is 6.68. The molecule has 0 bridgehead atoms. The first-order valence-corrected chi connectivity index (χ1v) is 13.4. The summed E-state index contributed by atoms with van der Waals surface area (Å²) in [5, 5.41) is 1.54. The summed E-state index contributed by atoms with van der Waals surface area (Å²) in [6, 6.07) is 38.5. The van der Waals surface area contributed by atoms with Gasteiger partial charge in [0.1, 0.15) is 8.07 Å². The van der Waals surface area contributed by atoms with Crippen molar-refractivity contribution in [1.29, 1.82) is 0 Å². The Bertz CT molecular complexity index is 1220. The van der Waals surface area contributed by atoms with E-state index in [9.17, 15) is 0 Å². The number of rotatable bonds is 3. The van der Waals surface area contributed by atoms with Crippen LogP contribution >= 0.6 is 0 Å². The van der Waals surface area contributed by atoms with Crippen molar-refractivity contribution in [2.45, 2.75) is 17.6 Å². The molecule has 144 valence electrons. The summed E-state index contributed by atoms with van der Waals surface area (Å²) < 4.78 is 0. The van der Waals surface area contributed by atoms with Crippen molar-refractivity contribution in [2.75, 3.05) is 0 Å². The average Bonchev–Trinajstić information content (AvgIpc) is 3.39. The van der Waals surface area contributed by atoms with Gasteiger partial charge in [0.25, 0.3) is 0 Å². The number of allylic oxidation sites excluding steroid dienone is 1. The van der Waals surface area contributed by atoms with Gasteiger partial charge in [-0.15, -0.1) is 0 Å². The molecule has 0 N–H and O–H groups in total. The molecule has 0 heterocycles. The Balaban J connectivity index is 1.65. The second-order valence-corrected chi connectivity index (χ2v) is 13.1. The third-order valence-electron chi connectivity index (χ3n) is 7.27. The summed E-state index contributed by atoms with van der Waals surface area (Å²) in [7, 11) is -2.10. The number of benzene rings is 4. The molecule has 2 aliphatic carbocycles. The van der Waals surface area contributed by atoms with Crippen molar-refractivity contribution in [3.63, 3.8) is 0 Å². The Labute approximate surface area is 179 Å². The van der Waals surface area contributed by atoms with Crippen LogP contribution in [0.2, 0.25) is 6.55 Å². The lowest BCUT2D eigenvalue weighted by molar-refractivity contribution is 1.04. The van der Waals surface area contributed by atoms with E-state index in [-0.39, 0.29) is 0 Å². The first-order chi connectivity index (χ1) is 14.8. The summed E-state index contributed by atoms with van der Waals surface area (Å²) in [5.74, 6) is 0. The minimum atomic E-state index is -2.10. The van der Waals surface area contributed by atoms with Crippen LogP contribution in [0.3, 0.4) is 0 Å². The fourth-order valence-electron chi connectivity index (χ4n) is 5.90. The first kappa shape index (κ1) is 17.7. The van der Waals surface area contributed by atoms with Crippen LogP contribution in [0.15, 0.2) is 109 Å². The second-order valence-electron chi connectivity index (χ2n) is 8.72. The zero-order valence-corrected chi connectivity index (χ0v) is 18.1. The van der Waals surface area contributed by atoms with Gasteiger partial charge in [-0.3, -0.25) is 0 Å². The average molecular weight is 401 g/mol. The van der Waals surface area contributed by atoms with E-state index < -0.39 is 8.07 Å². The molecule has 0 saturated heterocycles. The van der Waals surface area contributed by atoms with Crippen molar-refractivity contribution in [2.24, 2.45) is 0 Å². The molecular formula is C29H24Si. The highest BCUT2D eigenvalue weighted by atomic mass is 28.3. The molecule has 0 amide bonds. The van der Waals surface area contributed by atoms with Crippen molar-refractivity contribution >= 4 is 19.3 Å². The van der Waals surface area contributed by atoms with Crippen LogP contribution in [-0.2, 0) is 0 Å². The molecular weight excluding hydrogens is 376 g/mol. The van der Waals surface area contributed by atoms with Crippen LogP contribution in [0.5, 0.6) is 0 Å². The maximum Gasteiger partial charge on any atom is 0.107 e. The lowest BCUT2D eigenvalue weighted by atomic mass is 10.1. The minimum Gasteiger partial charge on any atom is -0.0787 e. The van der Waals surface area contributed by atoms with E-state index in [0.717, 1.165) is 0 Å². The third kappa shape index (κ3) is 2.39. The van der Waals surface area contributed by atoms with Gasteiger partial charge < -0.3 is 0 Å². The Kier molecular flexibility index (Phi) is 3.94. The SMILES string of the molecule is C[Si](c1ccccc1)(C1C=Cc2ccccc21)C1c2ccccc2-c2ccccc21. The van der Waals surface area contributed by atoms with Gasteiger partial charge in [-0.05, 0) is 33.4 Å². The molecule has 0 saturated carbocycles. The molecule has 2 unspecified atom stereocenters. The molecule has 30 heavy (non-hydrogen) atoms. The van der Waals surface area contributed by atoms with E-state index in [4.69, 9.17) is 0 Å². The lowest BCUT2D eigenvalue weighted by Gasteiger charge is -2.40. The lowest BCUT2D eigenvalue weighted by Crippen LogP contribution is -2.55. The highest BCUT2D eigenvalue weighted by Crippen LogP contribution is 2.53. The molecule has 0 aromatic heterocycles. The van der Waals surface area contributed by atoms with Gasteiger partial charge in [-0.25, -0.2) is 0 Å². The maximum absolute atomic E-state index is 2.61. The van der Waals surface area contributed by atoms with Crippen molar-refractivity contribution in [3.05, 3.63) is 131 Å². The summed E-state index contributed by atoms with van der Waals surface area (Å²) in [5.41, 5.74) is 9.64. The zero-order valence-electron chi connectivity index (χ0n) is 17.1. The summed E-state index contributed by atoms with van der Waals surface area (Å²) in [6.07, 6.45) is 4.84. The Morgan fingerprint density at radius 2 is 1.10 bits per heavy atom. The molecule has 0 fully saturated rings. The predicted molar refractivity (Wildman–Crippen MR) is 130 cm³/mol. The van der Waals surface area contributed by atoms with E-state index in [1.165, 1.54) is 38.6 Å². The van der Waals surface area contributed by atoms with E-state index >= 15 is 0 Å². The Hall–Kier alpha value is -3.16. The molecule has 0 aliphatic heterocycles.